The van der Waals surface area contributed by atoms with Crippen molar-refractivity contribution in [3.8, 4) is 0 Å². The molecule has 2 heterocycles. The highest BCUT2D eigenvalue weighted by Crippen LogP contribution is 2.26. The summed E-state index contributed by atoms with van der Waals surface area (Å²) in [6.07, 6.45) is 5.33. The number of carbonyl (C=O) groups excluding carboxylic acids is 1. The van der Waals surface area contributed by atoms with E-state index in [0.717, 1.165) is 25.0 Å². The van der Waals surface area contributed by atoms with Crippen molar-refractivity contribution in [2.24, 2.45) is 0 Å². The molecule has 1 saturated heterocycles. The molecule has 0 aliphatic carbocycles. The van der Waals surface area contributed by atoms with Gasteiger partial charge in [-0.2, -0.15) is 0 Å². The Hall–Kier alpha value is -2.25. The van der Waals surface area contributed by atoms with Crippen LogP contribution in [0.4, 0.5) is 0 Å². The fraction of sp³-hybridized carbons (Fsp3) is 0.429. The van der Waals surface area contributed by atoms with Gasteiger partial charge >= 0.3 is 0 Å². The van der Waals surface area contributed by atoms with Crippen LogP contribution in [0.1, 0.15) is 45.9 Å². The molecule has 28 heavy (non-hydrogen) atoms. The van der Waals surface area contributed by atoms with Gasteiger partial charge in [-0.3, -0.25) is 9.78 Å². The zero-order valence-electron chi connectivity index (χ0n) is 16.4. The molecule has 2 aromatic rings. The van der Waals surface area contributed by atoms with E-state index in [0.29, 0.717) is 25.2 Å². The average Bonchev–Trinajstić information content (AvgIpc) is 2.67. The van der Waals surface area contributed by atoms with Crippen molar-refractivity contribution < 1.29 is 13.2 Å². The third kappa shape index (κ3) is 5.39. The highest BCUT2D eigenvalue weighted by molar-refractivity contribution is 7.88. The van der Waals surface area contributed by atoms with Gasteiger partial charge in [0.25, 0.3) is 5.91 Å². The molecule has 0 saturated carbocycles. The summed E-state index contributed by atoms with van der Waals surface area (Å²) in [7, 11) is -3.18. The largest absolute Gasteiger partial charge is 0.352 e. The van der Waals surface area contributed by atoms with E-state index in [4.69, 9.17) is 0 Å². The molecule has 1 fully saturated rings. The van der Waals surface area contributed by atoms with E-state index in [2.05, 4.69) is 35.4 Å². The van der Waals surface area contributed by atoms with Gasteiger partial charge in [0.05, 0.1) is 11.8 Å². The van der Waals surface area contributed by atoms with Gasteiger partial charge in [-0.15, -0.1) is 0 Å². The Morgan fingerprint density at radius 1 is 1.29 bits per heavy atom. The Morgan fingerprint density at radius 3 is 2.79 bits per heavy atom. The topological polar surface area (TPSA) is 79.4 Å². The molecule has 0 radical (unpaired) electrons. The number of carbonyl (C=O) groups is 1. The van der Waals surface area contributed by atoms with E-state index in [1.165, 1.54) is 21.7 Å². The number of amides is 1. The molecule has 1 aliphatic rings. The van der Waals surface area contributed by atoms with E-state index in [1.54, 1.807) is 12.3 Å². The molecule has 0 unspecified atom stereocenters. The second-order valence-electron chi connectivity index (χ2n) is 7.43. The summed E-state index contributed by atoms with van der Waals surface area (Å²) >= 11 is 0. The lowest BCUT2D eigenvalue weighted by molar-refractivity contribution is 0.0953. The van der Waals surface area contributed by atoms with Crippen molar-refractivity contribution in [1.82, 2.24) is 14.6 Å². The Morgan fingerprint density at radius 2 is 2.11 bits per heavy atom. The maximum Gasteiger partial charge on any atom is 0.252 e. The monoisotopic (exact) mass is 401 g/mol. The number of pyridine rings is 1. The smallest absolute Gasteiger partial charge is 0.252 e. The van der Waals surface area contributed by atoms with Crippen LogP contribution in [-0.2, 0) is 16.4 Å². The van der Waals surface area contributed by atoms with Crippen LogP contribution in [0.25, 0.3) is 0 Å². The van der Waals surface area contributed by atoms with Crippen molar-refractivity contribution in [2.45, 2.75) is 32.1 Å². The first-order valence-electron chi connectivity index (χ1n) is 9.58. The van der Waals surface area contributed by atoms with Crippen LogP contribution < -0.4 is 5.32 Å². The number of nitrogens with one attached hydrogen (secondary N) is 1. The maximum absolute atomic E-state index is 12.3. The zero-order chi connectivity index (χ0) is 20.1. The van der Waals surface area contributed by atoms with Gasteiger partial charge in [-0.1, -0.05) is 29.8 Å². The Labute approximate surface area is 167 Å². The van der Waals surface area contributed by atoms with E-state index in [-0.39, 0.29) is 11.8 Å². The SMILES string of the molecule is Cc1cccc(CCNC(=O)c2ccc([C@@H]3CCCN(S(C)(=O)=O)C3)nc2)c1. The lowest BCUT2D eigenvalue weighted by Crippen LogP contribution is -2.38. The number of hydrogen-bond donors (Lipinski definition) is 1. The molecule has 3 rings (SSSR count). The molecule has 1 aliphatic heterocycles. The molecule has 1 aromatic heterocycles. The molecule has 1 atom stereocenters. The van der Waals surface area contributed by atoms with Gasteiger partial charge in [0, 0.05) is 37.4 Å². The van der Waals surface area contributed by atoms with Crippen LogP contribution in [0.2, 0.25) is 0 Å². The maximum atomic E-state index is 12.3. The predicted molar refractivity (Wildman–Crippen MR) is 110 cm³/mol. The van der Waals surface area contributed by atoms with Crippen molar-refractivity contribution in [3.05, 3.63) is 65.0 Å². The Balaban J connectivity index is 1.55. The van der Waals surface area contributed by atoms with Crippen molar-refractivity contribution in [1.29, 1.82) is 0 Å². The number of nitrogens with zero attached hydrogens (tertiary/aromatic N) is 2. The summed E-state index contributed by atoms with van der Waals surface area (Å²) in [6.45, 7) is 3.64. The van der Waals surface area contributed by atoms with Gasteiger partial charge in [0.2, 0.25) is 10.0 Å². The van der Waals surface area contributed by atoms with E-state index >= 15 is 0 Å². The van der Waals surface area contributed by atoms with Gasteiger partial charge in [0.15, 0.2) is 0 Å². The average molecular weight is 402 g/mol. The Bertz CT molecular complexity index is 926. The van der Waals surface area contributed by atoms with Crippen molar-refractivity contribution in [3.63, 3.8) is 0 Å². The highest BCUT2D eigenvalue weighted by atomic mass is 32.2. The summed E-state index contributed by atoms with van der Waals surface area (Å²) in [5.74, 6) is -0.0741. The quantitative estimate of drug-likeness (QED) is 0.807. The van der Waals surface area contributed by atoms with Crippen LogP contribution in [0.3, 0.4) is 0 Å². The first-order valence-corrected chi connectivity index (χ1v) is 11.4. The van der Waals surface area contributed by atoms with Gasteiger partial charge in [-0.25, -0.2) is 12.7 Å². The molecular formula is C21H27N3O3S. The zero-order valence-corrected chi connectivity index (χ0v) is 17.2. The second kappa shape index (κ2) is 8.84. The van der Waals surface area contributed by atoms with E-state index < -0.39 is 10.0 Å². The van der Waals surface area contributed by atoms with Crippen LogP contribution in [0.5, 0.6) is 0 Å². The molecule has 0 bridgehead atoms. The minimum atomic E-state index is -3.18. The summed E-state index contributed by atoms with van der Waals surface area (Å²) in [5.41, 5.74) is 3.76. The van der Waals surface area contributed by atoms with E-state index in [9.17, 15) is 13.2 Å². The van der Waals surface area contributed by atoms with E-state index in [1.807, 2.05) is 12.1 Å². The summed E-state index contributed by atoms with van der Waals surface area (Å²) in [4.78, 5) is 16.8. The standard InChI is InChI=1S/C21H27N3O3S/c1-16-5-3-6-17(13-16)10-11-22-21(25)18-8-9-20(23-14-18)19-7-4-12-24(15-19)28(2,26)27/h3,5-6,8-9,13-14,19H,4,7,10-12,15H2,1-2H3,(H,22,25)/t19-/m1/s1. The first kappa shape index (κ1) is 20.5. The van der Waals surface area contributed by atoms with Crippen molar-refractivity contribution in [2.75, 3.05) is 25.9 Å². The third-order valence-corrected chi connectivity index (χ3v) is 6.37. The summed E-state index contributed by atoms with van der Waals surface area (Å²) in [6, 6.07) is 11.9. The number of piperidine rings is 1. The molecule has 0 spiro atoms. The minimum absolute atomic E-state index is 0.0712. The normalized spacial score (nSPS) is 18.0. The van der Waals surface area contributed by atoms with Crippen LogP contribution in [-0.4, -0.2) is 49.5 Å². The highest BCUT2D eigenvalue weighted by Gasteiger charge is 2.27. The van der Waals surface area contributed by atoms with Gasteiger partial charge < -0.3 is 5.32 Å². The summed E-state index contributed by atoms with van der Waals surface area (Å²) < 4.78 is 25.1. The van der Waals surface area contributed by atoms with Crippen LogP contribution in [0, 0.1) is 6.92 Å². The third-order valence-electron chi connectivity index (χ3n) is 5.10. The second-order valence-corrected chi connectivity index (χ2v) is 9.41. The lowest BCUT2D eigenvalue weighted by Gasteiger charge is -2.30. The predicted octanol–water partition coefficient (Wildman–Crippen LogP) is 2.50. The molecule has 1 amide bonds. The fourth-order valence-corrected chi connectivity index (χ4v) is 4.47. The van der Waals surface area contributed by atoms with Gasteiger partial charge in [-0.05, 0) is 43.9 Å². The number of sulfonamides is 1. The molecule has 1 N–H and O–H groups in total. The van der Waals surface area contributed by atoms with Crippen molar-refractivity contribution >= 4 is 15.9 Å². The minimum Gasteiger partial charge on any atom is -0.352 e. The van der Waals surface area contributed by atoms with Gasteiger partial charge in [0.1, 0.15) is 0 Å². The molecule has 6 nitrogen and oxygen atoms in total. The fourth-order valence-electron chi connectivity index (χ4n) is 3.56. The Kier molecular flexibility index (Phi) is 6.46. The number of aromatic nitrogens is 1. The van der Waals surface area contributed by atoms with Crippen LogP contribution in [0.15, 0.2) is 42.6 Å². The first-order chi connectivity index (χ1) is 13.3. The molecule has 7 heteroatoms. The molecule has 1 aromatic carbocycles. The number of hydrogen-bond acceptors (Lipinski definition) is 4. The number of aryl methyl sites for hydroxylation is 1. The number of benzene rings is 1. The lowest BCUT2D eigenvalue weighted by atomic mass is 9.95. The number of rotatable bonds is 6. The molecular weight excluding hydrogens is 374 g/mol. The summed E-state index contributed by atoms with van der Waals surface area (Å²) in [5, 5.41) is 2.93. The molecule has 150 valence electrons. The van der Waals surface area contributed by atoms with Crippen LogP contribution >= 0.6 is 0 Å².